The van der Waals surface area contributed by atoms with Crippen LogP contribution >= 0.6 is 31.9 Å². The molecule has 2 aromatic carbocycles. The van der Waals surface area contributed by atoms with Crippen molar-refractivity contribution in [1.29, 1.82) is 0 Å². The number of halogens is 2. The minimum atomic E-state index is 0.745. The van der Waals surface area contributed by atoms with E-state index in [2.05, 4.69) is 42.2 Å². The van der Waals surface area contributed by atoms with Crippen molar-refractivity contribution < 1.29 is 4.63 Å². The van der Waals surface area contributed by atoms with Crippen LogP contribution in [0, 0.1) is 0 Å². The number of rotatable bonds is 2. The Kier molecular flexibility index (Phi) is 3.48. The molecule has 0 bridgehead atoms. The fraction of sp³-hybridized carbons (Fsp3) is 0. The summed E-state index contributed by atoms with van der Waals surface area (Å²) in [5.41, 5.74) is 3.44. The molecule has 3 nitrogen and oxygen atoms in total. The van der Waals surface area contributed by atoms with Crippen LogP contribution in [0.4, 0.5) is 0 Å². The van der Waals surface area contributed by atoms with E-state index in [4.69, 9.17) is 4.63 Å². The Morgan fingerprint density at radius 3 is 1.37 bits per heavy atom. The Morgan fingerprint density at radius 2 is 1.00 bits per heavy atom. The lowest BCUT2D eigenvalue weighted by atomic mass is 10.1. The van der Waals surface area contributed by atoms with Crippen LogP contribution in [-0.4, -0.2) is 10.3 Å². The summed E-state index contributed by atoms with van der Waals surface area (Å²) in [5, 5.41) is 8.00. The predicted octanol–water partition coefficient (Wildman–Crippen LogP) is 4.93. The Labute approximate surface area is 126 Å². The maximum atomic E-state index is 4.89. The first-order valence-electron chi connectivity index (χ1n) is 5.58. The lowest BCUT2D eigenvalue weighted by Crippen LogP contribution is -1.83. The van der Waals surface area contributed by atoms with Crippen molar-refractivity contribution in [2.45, 2.75) is 0 Å². The third-order valence-corrected chi connectivity index (χ3v) is 3.78. The van der Waals surface area contributed by atoms with Crippen LogP contribution in [0.15, 0.2) is 62.1 Å². The summed E-state index contributed by atoms with van der Waals surface area (Å²) < 4.78 is 6.94. The predicted molar refractivity (Wildman–Crippen MR) is 80.6 cm³/mol. The van der Waals surface area contributed by atoms with Crippen molar-refractivity contribution in [1.82, 2.24) is 10.3 Å². The van der Waals surface area contributed by atoms with Gasteiger partial charge in [-0.05, 0) is 34.6 Å². The number of aromatic nitrogens is 2. The smallest absolute Gasteiger partial charge is 0.143 e. The van der Waals surface area contributed by atoms with Crippen LogP contribution in [0.2, 0.25) is 0 Å². The van der Waals surface area contributed by atoms with Crippen LogP contribution in [0.25, 0.3) is 22.5 Å². The molecule has 0 saturated carbocycles. The largest absolute Gasteiger partial charge is 0.243 e. The number of hydrogen-bond acceptors (Lipinski definition) is 3. The van der Waals surface area contributed by atoms with Crippen LogP contribution < -0.4 is 0 Å². The fourth-order valence-corrected chi connectivity index (χ4v) is 2.31. The molecule has 0 saturated heterocycles. The molecule has 0 N–H and O–H groups in total. The fourth-order valence-electron chi connectivity index (χ4n) is 1.78. The van der Waals surface area contributed by atoms with Gasteiger partial charge in [-0.2, -0.15) is 0 Å². The summed E-state index contributed by atoms with van der Waals surface area (Å²) in [7, 11) is 0. The van der Waals surface area contributed by atoms with Gasteiger partial charge >= 0.3 is 0 Å². The van der Waals surface area contributed by atoms with E-state index in [1.54, 1.807) is 0 Å². The Morgan fingerprint density at radius 1 is 0.632 bits per heavy atom. The highest BCUT2D eigenvalue weighted by Crippen LogP contribution is 2.30. The summed E-state index contributed by atoms with van der Waals surface area (Å²) in [5.74, 6) is 0. The first-order chi connectivity index (χ1) is 9.24. The van der Waals surface area contributed by atoms with E-state index in [0.717, 1.165) is 31.5 Å². The van der Waals surface area contributed by atoms with Crippen molar-refractivity contribution in [3.05, 3.63) is 57.5 Å². The van der Waals surface area contributed by atoms with Gasteiger partial charge in [0.2, 0.25) is 0 Å². The summed E-state index contributed by atoms with van der Waals surface area (Å²) in [6, 6.07) is 15.8. The Balaban J connectivity index is 2.07. The van der Waals surface area contributed by atoms with Crippen LogP contribution in [-0.2, 0) is 0 Å². The molecule has 0 aliphatic rings. The van der Waals surface area contributed by atoms with Crippen molar-refractivity contribution in [3.63, 3.8) is 0 Å². The van der Waals surface area contributed by atoms with Crippen molar-refractivity contribution in [2.75, 3.05) is 0 Å². The van der Waals surface area contributed by atoms with Crippen molar-refractivity contribution >= 4 is 31.9 Å². The minimum absolute atomic E-state index is 0.745. The SMILES string of the molecule is Brc1ccc(-c2nonc2-c2ccc(Br)cc2)cc1. The van der Waals surface area contributed by atoms with E-state index < -0.39 is 0 Å². The minimum Gasteiger partial charge on any atom is -0.243 e. The highest BCUT2D eigenvalue weighted by atomic mass is 79.9. The molecule has 1 aromatic heterocycles. The monoisotopic (exact) mass is 378 g/mol. The molecule has 0 atom stereocenters. The van der Waals surface area contributed by atoms with Crippen LogP contribution in [0.5, 0.6) is 0 Å². The summed E-state index contributed by atoms with van der Waals surface area (Å²) in [6.45, 7) is 0. The van der Waals surface area contributed by atoms with Gasteiger partial charge in [0, 0.05) is 20.1 Å². The van der Waals surface area contributed by atoms with Gasteiger partial charge in [0.25, 0.3) is 0 Å². The molecule has 3 rings (SSSR count). The number of nitrogens with zero attached hydrogens (tertiary/aromatic N) is 2. The zero-order valence-electron chi connectivity index (χ0n) is 9.68. The lowest BCUT2D eigenvalue weighted by molar-refractivity contribution is 0.310. The van der Waals surface area contributed by atoms with Gasteiger partial charge in [-0.25, -0.2) is 4.63 Å². The molecule has 0 spiro atoms. The van der Waals surface area contributed by atoms with Gasteiger partial charge < -0.3 is 0 Å². The maximum Gasteiger partial charge on any atom is 0.143 e. The summed E-state index contributed by atoms with van der Waals surface area (Å²) in [6.07, 6.45) is 0. The molecule has 0 unspecified atom stereocenters. The molecule has 0 aliphatic heterocycles. The molecule has 1 heterocycles. The second kappa shape index (κ2) is 5.27. The lowest BCUT2D eigenvalue weighted by Gasteiger charge is -2.00. The molecule has 5 heteroatoms. The van der Waals surface area contributed by atoms with Gasteiger partial charge in [0.1, 0.15) is 11.4 Å². The molecule has 3 aromatic rings. The average molecular weight is 380 g/mol. The molecule has 0 amide bonds. The second-order valence-corrected chi connectivity index (χ2v) is 5.81. The summed E-state index contributed by atoms with van der Waals surface area (Å²) >= 11 is 6.83. The van der Waals surface area contributed by atoms with E-state index in [1.165, 1.54) is 0 Å². The first kappa shape index (κ1) is 12.6. The standard InChI is InChI=1S/C14H8Br2N2O/c15-11-5-1-9(2-6-11)13-14(18-19-17-13)10-3-7-12(16)8-4-10/h1-8H. The topological polar surface area (TPSA) is 38.9 Å². The van der Waals surface area contributed by atoms with E-state index in [9.17, 15) is 0 Å². The van der Waals surface area contributed by atoms with E-state index in [1.807, 2.05) is 48.5 Å². The molecule has 0 fully saturated rings. The van der Waals surface area contributed by atoms with Gasteiger partial charge in [-0.15, -0.1) is 0 Å². The number of benzene rings is 2. The molecular formula is C14H8Br2N2O. The van der Waals surface area contributed by atoms with E-state index in [0.29, 0.717) is 0 Å². The van der Waals surface area contributed by atoms with Crippen molar-refractivity contribution in [3.8, 4) is 22.5 Å². The average Bonchev–Trinajstić information content (AvgIpc) is 2.90. The molecular weight excluding hydrogens is 372 g/mol. The van der Waals surface area contributed by atoms with Crippen LogP contribution in [0.3, 0.4) is 0 Å². The Hall–Kier alpha value is -1.46. The van der Waals surface area contributed by atoms with Gasteiger partial charge in [0.15, 0.2) is 0 Å². The zero-order chi connectivity index (χ0) is 13.2. The molecule has 19 heavy (non-hydrogen) atoms. The molecule has 0 aliphatic carbocycles. The number of hydrogen-bond donors (Lipinski definition) is 0. The van der Waals surface area contributed by atoms with Gasteiger partial charge in [-0.1, -0.05) is 56.1 Å². The zero-order valence-corrected chi connectivity index (χ0v) is 12.8. The first-order valence-corrected chi connectivity index (χ1v) is 7.17. The third kappa shape index (κ3) is 2.62. The van der Waals surface area contributed by atoms with Gasteiger partial charge in [0.05, 0.1) is 0 Å². The molecule has 94 valence electrons. The summed E-state index contributed by atoms with van der Waals surface area (Å²) in [4.78, 5) is 0. The molecule has 0 radical (unpaired) electrons. The Bertz CT molecular complexity index is 630. The maximum absolute atomic E-state index is 4.89. The van der Waals surface area contributed by atoms with E-state index >= 15 is 0 Å². The highest BCUT2D eigenvalue weighted by Gasteiger charge is 2.14. The quantitative estimate of drug-likeness (QED) is 0.633. The van der Waals surface area contributed by atoms with Crippen molar-refractivity contribution in [2.24, 2.45) is 0 Å². The second-order valence-electron chi connectivity index (χ2n) is 3.98. The van der Waals surface area contributed by atoms with Crippen LogP contribution in [0.1, 0.15) is 0 Å². The van der Waals surface area contributed by atoms with E-state index in [-0.39, 0.29) is 0 Å². The van der Waals surface area contributed by atoms with Gasteiger partial charge in [-0.3, -0.25) is 0 Å². The normalized spacial score (nSPS) is 10.6. The highest BCUT2D eigenvalue weighted by molar-refractivity contribution is 9.10. The third-order valence-electron chi connectivity index (χ3n) is 2.72.